The molecule has 0 spiro atoms. The average Bonchev–Trinajstić information content (AvgIpc) is 2.36. The number of benzene rings is 2. The predicted molar refractivity (Wildman–Crippen MR) is 79.3 cm³/mol. The fourth-order valence-corrected chi connectivity index (χ4v) is 2.22. The van der Waals surface area contributed by atoms with Gasteiger partial charge in [-0.15, -0.1) is 0 Å². The summed E-state index contributed by atoms with van der Waals surface area (Å²) in [5.74, 6) is -0.357. The molecular weight excluding hydrogens is 253 g/mol. The molecule has 104 valence electrons. The molecule has 0 aliphatic rings. The first-order chi connectivity index (χ1) is 9.54. The van der Waals surface area contributed by atoms with Crippen LogP contribution < -0.4 is 5.32 Å². The Labute approximate surface area is 118 Å². The topological polar surface area (TPSA) is 29.1 Å². The van der Waals surface area contributed by atoms with Crippen molar-refractivity contribution in [2.45, 2.75) is 26.7 Å². The Morgan fingerprint density at radius 1 is 1.10 bits per heavy atom. The molecule has 1 N–H and O–H groups in total. The maximum atomic E-state index is 13.4. The zero-order valence-corrected chi connectivity index (χ0v) is 11.7. The van der Waals surface area contributed by atoms with Crippen LogP contribution in [0.3, 0.4) is 0 Å². The van der Waals surface area contributed by atoms with E-state index in [0.717, 1.165) is 16.8 Å². The van der Waals surface area contributed by atoms with Gasteiger partial charge in [0.15, 0.2) is 0 Å². The summed E-state index contributed by atoms with van der Waals surface area (Å²) >= 11 is 0. The molecular formula is C17H18FNO. The molecule has 1 amide bonds. The van der Waals surface area contributed by atoms with Crippen LogP contribution in [0.15, 0.2) is 42.5 Å². The number of carbonyl (C=O) groups excluding carboxylic acids is 1. The van der Waals surface area contributed by atoms with Crippen molar-refractivity contribution in [2.75, 3.05) is 5.32 Å². The molecule has 0 fully saturated rings. The number of aryl methyl sites for hydroxylation is 3. The molecule has 0 saturated carbocycles. The third kappa shape index (κ3) is 3.92. The van der Waals surface area contributed by atoms with Gasteiger partial charge in [0.1, 0.15) is 5.82 Å². The minimum absolute atomic E-state index is 0.0988. The van der Waals surface area contributed by atoms with Gasteiger partial charge in [0.05, 0.1) is 0 Å². The van der Waals surface area contributed by atoms with Crippen LogP contribution in [-0.2, 0) is 11.2 Å². The fourth-order valence-electron chi connectivity index (χ4n) is 2.22. The molecule has 20 heavy (non-hydrogen) atoms. The van der Waals surface area contributed by atoms with Gasteiger partial charge in [-0.3, -0.25) is 4.79 Å². The molecule has 3 heteroatoms. The van der Waals surface area contributed by atoms with Gasteiger partial charge >= 0.3 is 0 Å². The number of carbonyl (C=O) groups is 1. The van der Waals surface area contributed by atoms with E-state index in [1.807, 2.05) is 26.0 Å². The van der Waals surface area contributed by atoms with Crippen LogP contribution >= 0.6 is 0 Å². The molecule has 0 aromatic heterocycles. The van der Waals surface area contributed by atoms with Crippen molar-refractivity contribution in [1.82, 2.24) is 0 Å². The highest BCUT2D eigenvalue weighted by atomic mass is 19.1. The Bertz CT molecular complexity index is 602. The summed E-state index contributed by atoms with van der Waals surface area (Å²) < 4.78 is 13.4. The number of hydrogen-bond donors (Lipinski definition) is 1. The van der Waals surface area contributed by atoms with Crippen LogP contribution in [0.2, 0.25) is 0 Å². The van der Waals surface area contributed by atoms with E-state index in [4.69, 9.17) is 0 Å². The van der Waals surface area contributed by atoms with E-state index in [2.05, 4.69) is 11.4 Å². The number of amides is 1. The molecule has 0 saturated heterocycles. The Balaban J connectivity index is 1.94. The van der Waals surface area contributed by atoms with E-state index < -0.39 is 0 Å². The lowest BCUT2D eigenvalue weighted by Gasteiger charge is -2.08. The van der Waals surface area contributed by atoms with Crippen molar-refractivity contribution in [2.24, 2.45) is 0 Å². The van der Waals surface area contributed by atoms with Crippen LogP contribution in [0.4, 0.5) is 10.1 Å². The summed E-state index contributed by atoms with van der Waals surface area (Å²) in [6.45, 7) is 3.98. The summed E-state index contributed by atoms with van der Waals surface area (Å²) in [6.07, 6.45) is 0.678. The van der Waals surface area contributed by atoms with Crippen molar-refractivity contribution in [3.05, 3.63) is 65.0 Å². The lowest BCUT2D eigenvalue weighted by molar-refractivity contribution is -0.116. The first-order valence-electron chi connectivity index (χ1n) is 6.66. The Morgan fingerprint density at radius 2 is 1.75 bits per heavy atom. The van der Waals surface area contributed by atoms with Crippen molar-refractivity contribution in [3.63, 3.8) is 0 Å². The SMILES string of the molecule is Cc1cc(C)cc(NC(=O)CCc2ccccc2F)c1. The molecule has 0 bridgehead atoms. The first kappa shape index (κ1) is 14.3. The van der Waals surface area contributed by atoms with Gasteiger partial charge in [0.25, 0.3) is 0 Å². The number of nitrogens with one attached hydrogen (secondary N) is 1. The number of rotatable bonds is 4. The average molecular weight is 271 g/mol. The second-order valence-electron chi connectivity index (χ2n) is 5.02. The second-order valence-corrected chi connectivity index (χ2v) is 5.02. The fraction of sp³-hybridized carbons (Fsp3) is 0.235. The third-order valence-electron chi connectivity index (χ3n) is 3.08. The standard InChI is InChI=1S/C17H18FNO/c1-12-9-13(2)11-15(10-12)19-17(20)8-7-14-5-3-4-6-16(14)18/h3-6,9-11H,7-8H2,1-2H3,(H,19,20). The van der Waals surface area contributed by atoms with Crippen molar-refractivity contribution < 1.29 is 9.18 Å². The van der Waals surface area contributed by atoms with E-state index >= 15 is 0 Å². The van der Waals surface area contributed by atoms with Crippen molar-refractivity contribution in [1.29, 1.82) is 0 Å². The first-order valence-corrected chi connectivity index (χ1v) is 6.66. The Morgan fingerprint density at radius 3 is 2.40 bits per heavy atom. The molecule has 0 atom stereocenters. The third-order valence-corrected chi connectivity index (χ3v) is 3.08. The Kier molecular flexibility index (Phi) is 4.51. The summed E-state index contributed by atoms with van der Waals surface area (Å²) in [7, 11) is 0. The van der Waals surface area contributed by atoms with Gasteiger partial charge in [-0.2, -0.15) is 0 Å². The second kappa shape index (κ2) is 6.33. The molecule has 0 aliphatic heterocycles. The van der Waals surface area contributed by atoms with E-state index in [1.54, 1.807) is 18.2 Å². The maximum absolute atomic E-state index is 13.4. The van der Waals surface area contributed by atoms with Crippen molar-refractivity contribution in [3.8, 4) is 0 Å². The molecule has 2 rings (SSSR count). The smallest absolute Gasteiger partial charge is 0.224 e. The monoisotopic (exact) mass is 271 g/mol. The van der Waals surface area contributed by atoms with E-state index in [9.17, 15) is 9.18 Å². The summed E-state index contributed by atoms with van der Waals surface area (Å²) in [5.41, 5.74) is 3.58. The molecule has 2 aromatic rings. The van der Waals surface area contributed by atoms with E-state index in [-0.39, 0.29) is 18.1 Å². The highest BCUT2D eigenvalue weighted by molar-refractivity contribution is 5.91. The van der Waals surface area contributed by atoms with Crippen molar-refractivity contribution >= 4 is 11.6 Å². The normalized spacial score (nSPS) is 10.3. The van der Waals surface area contributed by atoms with Crippen LogP contribution in [0.5, 0.6) is 0 Å². The maximum Gasteiger partial charge on any atom is 0.224 e. The van der Waals surface area contributed by atoms with E-state index in [0.29, 0.717) is 12.0 Å². The highest BCUT2D eigenvalue weighted by Crippen LogP contribution is 2.15. The lowest BCUT2D eigenvalue weighted by Crippen LogP contribution is -2.12. The minimum Gasteiger partial charge on any atom is -0.326 e. The Hall–Kier alpha value is -2.16. The van der Waals surface area contributed by atoms with Crippen LogP contribution in [-0.4, -0.2) is 5.91 Å². The van der Waals surface area contributed by atoms with Gasteiger partial charge in [-0.05, 0) is 55.2 Å². The van der Waals surface area contributed by atoms with Gasteiger partial charge in [0, 0.05) is 12.1 Å². The predicted octanol–water partition coefficient (Wildman–Crippen LogP) is 4.01. The van der Waals surface area contributed by atoms with E-state index in [1.165, 1.54) is 6.07 Å². The summed E-state index contributed by atoms with van der Waals surface area (Å²) in [6, 6.07) is 12.4. The van der Waals surface area contributed by atoms with Crippen LogP contribution in [0.1, 0.15) is 23.1 Å². The quantitative estimate of drug-likeness (QED) is 0.894. The molecule has 0 radical (unpaired) electrons. The highest BCUT2D eigenvalue weighted by Gasteiger charge is 2.06. The lowest BCUT2D eigenvalue weighted by atomic mass is 10.1. The summed E-state index contributed by atoms with van der Waals surface area (Å²) in [5, 5.41) is 2.85. The van der Waals surface area contributed by atoms with Gasteiger partial charge in [-0.25, -0.2) is 4.39 Å². The number of hydrogen-bond acceptors (Lipinski definition) is 1. The van der Waals surface area contributed by atoms with Crippen LogP contribution in [0, 0.1) is 19.7 Å². The number of halogens is 1. The van der Waals surface area contributed by atoms with Gasteiger partial charge in [-0.1, -0.05) is 24.3 Å². The molecule has 0 heterocycles. The molecule has 0 aliphatic carbocycles. The zero-order valence-electron chi connectivity index (χ0n) is 11.7. The largest absolute Gasteiger partial charge is 0.326 e. The molecule has 0 unspecified atom stereocenters. The van der Waals surface area contributed by atoms with Gasteiger partial charge in [0.2, 0.25) is 5.91 Å². The molecule has 2 aromatic carbocycles. The minimum atomic E-state index is -0.258. The molecule has 2 nitrogen and oxygen atoms in total. The van der Waals surface area contributed by atoms with Crippen LogP contribution in [0.25, 0.3) is 0 Å². The summed E-state index contributed by atoms with van der Waals surface area (Å²) in [4.78, 5) is 11.9. The van der Waals surface area contributed by atoms with Gasteiger partial charge < -0.3 is 5.32 Å². The zero-order chi connectivity index (χ0) is 14.5. The number of anilines is 1.